The standard InChI is InChI=1S/C8H11Cl2NSi/c1-11(2)12(9,10)8-6-4-3-5-7-8/h3-7H,1-2H3. The summed E-state index contributed by atoms with van der Waals surface area (Å²) in [7, 11) is 3.80. The summed E-state index contributed by atoms with van der Waals surface area (Å²) in [4.78, 5) is 0. The van der Waals surface area contributed by atoms with E-state index < -0.39 is 6.86 Å². The van der Waals surface area contributed by atoms with E-state index in [4.69, 9.17) is 22.2 Å². The van der Waals surface area contributed by atoms with Gasteiger partial charge in [-0.25, -0.2) is 0 Å². The van der Waals surface area contributed by atoms with Gasteiger partial charge < -0.3 is 4.57 Å². The Hall–Kier alpha value is -0.0231. The molecule has 0 heterocycles. The van der Waals surface area contributed by atoms with Crippen LogP contribution in [0.25, 0.3) is 0 Å². The van der Waals surface area contributed by atoms with E-state index >= 15 is 0 Å². The zero-order valence-electron chi connectivity index (χ0n) is 7.09. The van der Waals surface area contributed by atoms with Crippen LogP contribution in [0.5, 0.6) is 0 Å². The van der Waals surface area contributed by atoms with E-state index in [1.165, 1.54) is 0 Å². The molecule has 0 aromatic heterocycles. The molecule has 0 unspecified atom stereocenters. The lowest BCUT2D eigenvalue weighted by Gasteiger charge is -2.24. The van der Waals surface area contributed by atoms with Gasteiger partial charge in [0.1, 0.15) is 0 Å². The van der Waals surface area contributed by atoms with E-state index in [0.29, 0.717) is 0 Å². The van der Waals surface area contributed by atoms with Gasteiger partial charge in [0, 0.05) is 0 Å². The van der Waals surface area contributed by atoms with Gasteiger partial charge in [-0.3, -0.25) is 0 Å². The van der Waals surface area contributed by atoms with Crippen molar-refractivity contribution in [2.45, 2.75) is 0 Å². The minimum absolute atomic E-state index is 1.03. The molecule has 1 nitrogen and oxygen atoms in total. The highest BCUT2D eigenvalue weighted by molar-refractivity contribution is 7.49. The van der Waals surface area contributed by atoms with E-state index in [9.17, 15) is 0 Å². The molecule has 0 N–H and O–H groups in total. The van der Waals surface area contributed by atoms with Gasteiger partial charge in [0.15, 0.2) is 0 Å². The lowest BCUT2D eigenvalue weighted by Crippen LogP contribution is -2.50. The molecular weight excluding hydrogens is 209 g/mol. The van der Waals surface area contributed by atoms with Gasteiger partial charge in [-0.2, -0.15) is 0 Å². The molecule has 0 amide bonds. The van der Waals surface area contributed by atoms with Crippen molar-refractivity contribution in [2.24, 2.45) is 0 Å². The largest absolute Gasteiger partial charge is 0.356 e. The molecule has 1 aromatic rings. The van der Waals surface area contributed by atoms with Crippen LogP contribution in [0, 0.1) is 0 Å². The van der Waals surface area contributed by atoms with Crippen LogP contribution in [0.1, 0.15) is 0 Å². The lowest BCUT2D eigenvalue weighted by molar-refractivity contribution is 0.657. The number of nitrogens with zero attached hydrogens (tertiary/aromatic N) is 1. The SMILES string of the molecule is CN(C)[Si](Cl)(Cl)c1ccccc1. The molecule has 1 aromatic carbocycles. The average Bonchev–Trinajstić information content (AvgIpc) is 2.06. The Morgan fingerprint density at radius 1 is 1.08 bits per heavy atom. The van der Waals surface area contributed by atoms with Crippen LogP contribution in [0.2, 0.25) is 0 Å². The van der Waals surface area contributed by atoms with Gasteiger partial charge in [-0.05, 0) is 19.3 Å². The third kappa shape index (κ3) is 2.01. The molecule has 4 heteroatoms. The van der Waals surface area contributed by atoms with Crippen molar-refractivity contribution in [3.8, 4) is 0 Å². The van der Waals surface area contributed by atoms with Gasteiger partial charge in [0.25, 0.3) is 0 Å². The quantitative estimate of drug-likeness (QED) is 0.543. The average molecular weight is 220 g/mol. The summed E-state index contributed by atoms with van der Waals surface area (Å²) in [6.45, 7) is -2.38. The van der Waals surface area contributed by atoms with Crippen LogP contribution in [0.15, 0.2) is 30.3 Å². The van der Waals surface area contributed by atoms with Gasteiger partial charge >= 0.3 is 6.86 Å². The Morgan fingerprint density at radius 2 is 1.58 bits per heavy atom. The predicted octanol–water partition coefficient (Wildman–Crippen LogP) is 1.87. The first-order valence-electron chi connectivity index (χ1n) is 3.66. The van der Waals surface area contributed by atoms with Gasteiger partial charge in [-0.1, -0.05) is 30.3 Å². The minimum atomic E-state index is -2.38. The van der Waals surface area contributed by atoms with Crippen LogP contribution in [0.3, 0.4) is 0 Å². The molecule has 0 radical (unpaired) electrons. The van der Waals surface area contributed by atoms with Crippen molar-refractivity contribution < 1.29 is 0 Å². The molecule has 0 bridgehead atoms. The van der Waals surface area contributed by atoms with Crippen molar-refractivity contribution in [2.75, 3.05) is 14.1 Å². The highest BCUT2D eigenvalue weighted by Crippen LogP contribution is 2.16. The molecule has 0 saturated heterocycles. The minimum Gasteiger partial charge on any atom is -0.302 e. The fourth-order valence-corrected chi connectivity index (χ4v) is 2.76. The van der Waals surface area contributed by atoms with Crippen molar-refractivity contribution in [3.05, 3.63) is 30.3 Å². The fourth-order valence-electron chi connectivity index (χ4n) is 0.897. The Bertz CT molecular complexity index is 248. The van der Waals surface area contributed by atoms with Crippen LogP contribution in [-0.2, 0) is 0 Å². The molecule has 0 spiro atoms. The molecule has 12 heavy (non-hydrogen) atoms. The zero-order valence-corrected chi connectivity index (χ0v) is 9.60. The Balaban J connectivity index is 2.98. The zero-order chi connectivity index (χ0) is 9.19. The molecule has 0 fully saturated rings. The van der Waals surface area contributed by atoms with Crippen LogP contribution >= 0.6 is 22.2 Å². The first-order valence-corrected chi connectivity index (χ1v) is 7.63. The number of hydrogen-bond donors (Lipinski definition) is 0. The molecular formula is C8H11Cl2NSi. The maximum atomic E-state index is 6.23. The van der Waals surface area contributed by atoms with Crippen LogP contribution < -0.4 is 5.19 Å². The highest BCUT2D eigenvalue weighted by atomic mass is 35.7. The van der Waals surface area contributed by atoms with Crippen molar-refractivity contribution in [1.82, 2.24) is 4.57 Å². The second-order valence-electron chi connectivity index (χ2n) is 2.80. The summed E-state index contributed by atoms with van der Waals surface area (Å²) in [5.74, 6) is 0. The second-order valence-corrected chi connectivity index (χ2v) is 9.22. The Kier molecular flexibility index (Phi) is 3.18. The van der Waals surface area contributed by atoms with Crippen molar-refractivity contribution in [1.29, 1.82) is 0 Å². The highest BCUT2D eigenvalue weighted by Gasteiger charge is 2.33. The molecule has 1 rings (SSSR count). The van der Waals surface area contributed by atoms with Gasteiger partial charge in [-0.15, -0.1) is 22.2 Å². The molecule has 0 aliphatic rings. The van der Waals surface area contributed by atoms with E-state index in [1.807, 2.05) is 49.0 Å². The van der Waals surface area contributed by atoms with E-state index in [-0.39, 0.29) is 0 Å². The van der Waals surface area contributed by atoms with Gasteiger partial charge in [0.05, 0.1) is 0 Å². The first kappa shape index (κ1) is 10.1. The summed E-state index contributed by atoms with van der Waals surface area (Å²) < 4.78 is 1.89. The monoisotopic (exact) mass is 219 g/mol. The summed E-state index contributed by atoms with van der Waals surface area (Å²) in [5, 5.41) is 1.03. The Labute approximate surface area is 83.4 Å². The Morgan fingerprint density at radius 3 is 2.00 bits per heavy atom. The first-order chi connectivity index (χ1) is 5.55. The summed E-state index contributed by atoms with van der Waals surface area (Å²) >= 11 is 12.5. The van der Waals surface area contributed by atoms with E-state index in [2.05, 4.69) is 0 Å². The topological polar surface area (TPSA) is 3.24 Å². The van der Waals surface area contributed by atoms with Crippen molar-refractivity contribution in [3.63, 3.8) is 0 Å². The molecule has 0 aliphatic heterocycles. The summed E-state index contributed by atoms with van der Waals surface area (Å²) in [6, 6.07) is 9.78. The fraction of sp³-hybridized carbons (Fsp3) is 0.250. The third-order valence-electron chi connectivity index (χ3n) is 1.68. The number of halogens is 2. The predicted molar refractivity (Wildman–Crippen MR) is 57.2 cm³/mol. The smallest absolute Gasteiger partial charge is 0.302 e. The second kappa shape index (κ2) is 3.79. The van der Waals surface area contributed by atoms with Crippen LogP contribution in [0.4, 0.5) is 0 Å². The lowest BCUT2D eigenvalue weighted by atomic mass is 10.4. The molecule has 0 atom stereocenters. The number of rotatable bonds is 2. The van der Waals surface area contributed by atoms with Crippen LogP contribution in [-0.4, -0.2) is 25.5 Å². The number of benzene rings is 1. The molecule has 0 aliphatic carbocycles. The maximum absolute atomic E-state index is 6.23. The van der Waals surface area contributed by atoms with Crippen molar-refractivity contribution >= 4 is 34.2 Å². The molecule has 0 saturated carbocycles. The number of hydrogen-bond acceptors (Lipinski definition) is 1. The summed E-state index contributed by atoms with van der Waals surface area (Å²) in [6.07, 6.45) is 0. The van der Waals surface area contributed by atoms with E-state index in [0.717, 1.165) is 5.19 Å². The van der Waals surface area contributed by atoms with E-state index in [1.54, 1.807) is 0 Å². The summed E-state index contributed by atoms with van der Waals surface area (Å²) in [5.41, 5.74) is 0. The normalized spacial score (nSPS) is 12.1. The van der Waals surface area contributed by atoms with Gasteiger partial charge in [0.2, 0.25) is 0 Å². The molecule has 66 valence electrons. The maximum Gasteiger partial charge on any atom is 0.356 e. The third-order valence-corrected chi connectivity index (χ3v) is 7.17.